The Morgan fingerprint density at radius 2 is 2.10 bits per heavy atom. The van der Waals surface area contributed by atoms with Crippen LogP contribution >= 0.6 is 0 Å². The van der Waals surface area contributed by atoms with E-state index in [2.05, 4.69) is 39.8 Å². The summed E-state index contributed by atoms with van der Waals surface area (Å²) in [7, 11) is 1.76. The number of morpholine rings is 1. The molecule has 20 heavy (non-hydrogen) atoms. The maximum absolute atomic E-state index is 5.35. The SMILES string of the molecule is CN=CC(=NC(C)C)c1ccc(N2CCOCC2)nc1. The average Bonchev–Trinajstić information content (AvgIpc) is 2.47. The Balaban J connectivity index is 2.17. The van der Waals surface area contributed by atoms with Gasteiger partial charge in [0.15, 0.2) is 0 Å². The minimum Gasteiger partial charge on any atom is -0.378 e. The molecule has 2 rings (SSSR count). The Morgan fingerprint density at radius 1 is 1.35 bits per heavy atom. The molecule has 0 radical (unpaired) electrons. The van der Waals surface area contributed by atoms with Crippen LogP contribution in [0.15, 0.2) is 28.3 Å². The normalized spacial score (nSPS) is 17.2. The topological polar surface area (TPSA) is 50.1 Å². The quantitative estimate of drug-likeness (QED) is 0.787. The van der Waals surface area contributed by atoms with Gasteiger partial charge in [-0.15, -0.1) is 0 Å². The van der Waals surface area contributed by atoms with E-state index in [-0.39, 0.29) is 6.04 Å². The monoisotopic (exact) mass is 274 g/mol. The smallest absolute Gasteiger partial charge is 0.128 e. The molecule has 0 atom stereocenters. The van der Waals surface area contributed by atoms with Crippen molar-refractivity contribution >= 4 is 17.7 Å². The second-order valence-corrected chi connectivity index (χ2v) is 5.00. The zero-order valence-corrected chi connectivity index (χ0v) is 12.4. The largest absolute Gasteiger partial charge is 0.378 e. The molecule has 108 valence electrons. The van der Waals surface area contributed by atoms with Crippen LogP contribution in [0.1, 0.15) is 19.4 Å². The van der Waals surface area contributed by atoms with Gasteiger partial charge in [-0.25, -0.2) is 4.98 Å². The summed E-state index contributed by atoms with van der Waals surface area (Å²) >= 11 is 0. The first-order valence-corrected chi connectivity index (χ1v) is 7.00. The van der Waals surface area contributed by atoms with Crippen LogP contribution in [0.3, 0.4) is 0 Å². The highest BCUT2D eigenvalue weighted by atomic mass is 16.5. The standard InChI is InChI=1S/C15H22N4O/c1-12(2)18-14(11-16-3)13-4-5-15(17-10-13)19-6-8-20-9-7-19/h4-5,10-12H,6-9H2,1-3H3. The van der Waals surface area contributed by atoms with Crippen LogP contribution in [0.2, 0.25) is 0 Å². The molecule has 1 aliphatic rings. The van der Waals surface area contributed by atoms with Crippen molar-refractivity contribution < 1.29 is 4.74 Å². The molecule has 5 nitrogen and oxygen atoms in total. The number of anilines is 1. The molecule has 0 saturated carbocycles. The highest BCUT2D eigenvalue weighted by molar-refractivity contribution is 6.38. The van der Waals surface area contributed by atoms with Gasteiger partial charge < -0.3 is 9.64 Å². The molecular formula is C15H22N4O. The van der Waals surface area contributed by atoms with Crippen molar-refractivity contribution in [2.24, 2.45) is 9.98 Å². The van der Waals surface area contributed by atoms with Gasteiger partial charge in [-0.2, -0.15) is 0 Å². The van der Waals surface area contributed by atoms with Crippen molar-refractivity contribution in [1.29, 1.82) is 0 Å². The van der Waals surface area contributed by atoms with Crippen LogP contribution in [0, 0.1) is 0 Å². The molecule has 0 unspecified atom stereocenters. The number of aliphatic imine (C=N–C) groups is 2. The fourth-order valence-electron chi connectivity index (χ4n) is 2.10. The maximum atomic E-state index is 5.35. The van der Waals surface area contributed by atoms with Gasteiger partial charge in [0, 0.05) is 44.2 Å². The average molecular weight is 274 g/mol. The van der Waals surface area contributed by atoms with E-state index in [1.54, 1.807) is 13.3 Å². The van der Waals surface area contributed by atoms with E-state index in [0.717, 1.165) is 43.4 Å². The summed E-state index contributed by atoms with van der Waals surface area (Å²) in [6.07, 6.45) is 3.65. The van der Waals surface area contributed by atoms with E-state index in [0.29, 0.717) is 0 Å². The van der Waals surface area contributed by atoms with E-state index < -0.39 is 0 Å². The second-order valence-electron chi connectivity index (χ2n) is 5.00. The summed E-state index contributed by atoms with van der Waals surface area (Å²) in [5.74, 6) is 0.995. The summed E-state index contributed by atoms with van der Waals surface area (Å²) < 4.78 is 5.35. The van der Waals surface area contributed by atoms with Crippen molar-refractivity contribution in [1.82, 2.24) is 4.98 Å². The lowest BCUT2D eigenvalue weighted by atomic mass is 10.2. The number of ether oxygens (including phenoxy) is 1. The minimum absolute atomic E-state index is 0.238. The van der Waals surface area contributed by atoms with Gasteiger partial charge in [-0.1, -0.05) is 0 Å². The predicted molar refractivity (Wildman–Crippen MR) is 83.4 cm³/mol. The summed E-state index contributed by atoms with van der Waals surface area (Å²) in [4.78, 5) is 15.4. The Kier molecular flexibility index (Phi) is 5.24. The van der Waals surface area contributed by atoms with Crippen LogP contribution in [0.5, 0.6) is 0 Å². The highest BCUT2D eigenvalue weighted by Gasteiger charge is 2.12. The van der Waals surface area contributed by atoms with E-state index >= 15 is 0 Å². The molecule has 1 aromatic rings. The first-order chi connectivity index (χ1) is 9.70. The van der Waals surface area contributed by atoms with Crippen LogP contribution < -0.4 is 4.90 Å². The molecule has 1 aromatic heterocycles. The summed E-state index contributed by atoms with van der Waals surface area (Å²) in [6, 6.07) is 4.34. The molecule has 0 spiro atoms. The summed E-state index contributed by atoms with van der Waals surface area (Å²) in [5.41, 5.74) is 1.88. The lowest BCUT2D eigenvalue weighted by Crippen LogP contribution is -2.36. The van der Waals surface area contributed by atoms with Crippen LogP contribution in [-0.4, -0.2) is 56.3 Å². The molecule has 0 aliphatic carbocycles. The summed E-state index contributed by atoms with van der Waals surface area (Å²) in [6.45, 7) is 7.45. The third kappa shape index (κ3) is 3.87. The second kappa shape index (κ2) is 7.14. The summed E-state index contributed by atoms with van der Waals surface area (Å²) in [5, 5.41) is 0. The van der Waals surface area contributed by atoms with Gasteiger partial charge in [0.1, 0.15) is 5.82 Å². The number of pyridine rings is 1. The van der Waals surface area contributed by atoms with Crippen LogP contribution in [-0.2, 0) is 4.74 Å². The van der Waals surface area contributed by atoms with Gasteiger partial charge in [-0.3, -0.25) is 9.98 Å². The molecular weight excluding hydrogens is 252 g/mol. The zero-order valence-electron chi connectivity index (χ0n) is 12.4. The maximum Gasteiger partial charge on any atom is 0.128 e. The van der Waals surface area contributed by atoms with E-state index in [9.17, 15) is 0 Å². The van der Waals surface area contributed by atoms with Crippen LogP contribution in [0.4, 0.5) is 5.82 Å². The van der Waals surface area contributed by atoms with Crippen molar-refractivity contribution in [3.05, 3.63) is 23.9 Å². The van der Waals surface area contributed by atoms with E-state index in [4.69, 9.17) is 4.74 Å². The Morgan fingerprint density at radius 3 is 2.65 bits per heavy atom. The highest BCUT2D eigenvalue weighted by Crippen LogP contribution is 2.13. The molecule has 1 aliphatic heterocycles. The Hall–Kier alpha value is -1.75. The number of hydrogen-bond donors (Lipinski definition) is 0. The van der Waals surface area contributed by atoms with Gasteiger partial charge in [0.2, 0.25) is 0 Å². The fraction of sp³-hybridized carbons (Fsp3) is 0.533. The lowest BCUT2D eigenvalue weighted by Gasteiger charge is -2.27. The van der Waals surface area contributed by atoms with E-state index in [1.165, 1.54) is 0 Å². The molecule has 0 amide bonds. The van der Waals surface area contributed by atoms with Crippen molar-refractivity contribution in [2.75, 3.05) is 38.3 Å². The van der Waals surface area contributed by atoms with E-state index in [1.807, 2.05) is 12.3 Å². The van der Waals surface area contributed by atoms with Gasteiger partial charge in [0.05, 0.1) is 18.9 Å². The van der Waals surface area contributed by atoms with Gasteiger partial charge in [0.25, 0.3) is 0 Å². The number of nitrogens with zero attached hydrogens (tertiary/aromatic N) is 4. The van der Waals surface area contributed by atoms with Crippen molar-refractivity contribution in [3.63, 3.8) is 0 Å². The first-order valence-electron chi connectivity index (χ1n) is 7.00. The van der Waals surface area contributed by atoms with Crippen molar-refractivity contribution in [3.8, 4) is 0 Å². The van der Waals surface area contributed by atoms with Crippen molar-refractivity contribution in [2.45, 2.75) is 19.9 Å². The number of hydrogen-bond acceptors (Lipinski definition) is 5. The Labute approximate surface area is 120 Å². The molecule has 2 heterocycles. The van der Waals surface area contributed by atoms with Crippen LogP contribution in [0.25, 0.3) is 0 Å². The third-order valence-corrected chi connectivity index (χ3v) is 3.03. The molecule has 0 bridgehead atoms. The Bertz CT molecular complexity index is 473. The third-order valence-electron chi connectivity index (χ3n) is 3.03. The number of rotatable bonds is 4. The zero-order chi connectivity index (χ0) is 14.4. The number of aromatic nitrogens is 1. The molecule has 5 heteroatoms. The first kappa shape index (κ1) is 14.7. The molecule has 0 N–H and O–H groups in total. The minimum atomic E-state index is 0.238. The van der Waals surface area contributed by atoms with Gasteiger partial charge >= 0.3 is 0 Å². The predicted octanol–water partition coefficient (Wildman–Crippen LogP) is 1.82. The fourth-order valence-corrected chi connectivity index (χ4v) is 2.10. The molecule has 1 fully saturated rings. The molecule has 1 saturated heterocycles. The molecule has 0 aromatic carbocycles. The lowest BCUT2D eigenvalue weighted by molar-refractivity contribution is 0.122. The van der Waals surface area contributed by atoms with Gasteiger partial charge in [-0.05, 0) is 26.0 Å².